The second kappa shape index (κ2) is 6.29. The lowest BCUT2D eigenvalue weighted by molar-refractivity contribution is 0.0999. The van der Waals surface area contributed by atoms with Crippen molar-refractivity contribution >= 4 is 27.5 Å². The van der Waals surface area contributed by atoms with Gasteiger partial charge in [-0.2, -0.15) is 0 Å². The highest BCUT2D eigenvalue weighted by Gasteiger charge is 2.12. The van der Waals surface area contributed by atoms with Crippen LogP contribution >= 0.6 is 11.3 Å². The number of hydrogen-bond acceptors (Lipinski definition) is 6. The van der Waals surface area contributed by atoms with Crippen molar-refractivity contribution in [1.82, 2.24) is 15.0 Å². The minimum absolute atomic E-state index is 0.276. The molecule has 122 valence electrons. The zero-order valence-corrected chi connectivity index (χ0v) is 13.7. The minimum Gasteiger partial charge on any atom is -0.437 e. The monoisotopic (exact) mass is 348 g/mol. The van der Waals surface area contributed by atoms with E-state index >= 15 is 0 Å². The lowest BCUT2D eigenvalue weighted by Crippen LogP contribution is -2.11. The zero-order valence-electron chi connectivity index (χ0n) is 12.9. The van der Waals surface area contributed by atoms with Crippen LogP contribution in [0, 0.1) is 0 Å². The van der Waals surface area contributed by atoms with E-state index < -0.39 is 5.91 Å². The Morgan fingerprint density at radius 3 is 2.72 bits per heavy atom. The predicted octanol–water partition coefficient (Wildman–Crippen LogP) is 3.64. The van der Waals surface area contributed by atoms with Crippen LogP contribution < -0.4 is 10.5 Å². The van der Waals surface area contributed by atoms with E-state index in [2.05, 4.69) is 15.0 Å². The summed E-state index contributed by atoms with van der Waals surface area (Å²) in [6.45, 7) is 0. The van der Waals surface area contributed by atoms with E-state index in [1.54, 1.807) is 11.3 Å². The van der Waals surface area contributed by atoms with Crippen LogP contribution in [0.3, 0.4) is 0 Å². The first kappa shape index (κ1) is 15.2. The number of thiophene rings is 1. The average Bonchev–Trinajstić information content (AvgIpc) is 3.08. The molecule has 0 saturated heterocycles. The Morgan fingerprint density at radius 1 is 1.08 bits per heavy atom. The van der Waals surface area contributed by atoms with E-state index in [1.807, 2.05) is 36.4 Å². The highest BCUT2D eigenvalue weighted by Crippen LogP contribution is 2.36. The first-order chi connectivity index (χ1) is 12.2. The van der Waals surface area contributed by atoms with E-state index in [1.165, 1.54) is 24.8 Å². The molecule has 0 bridgehead atoms. The number of fused-ring (bicyclic) bond motifs is 1. The number of rotatable bonds is 4. The van der Waals surface area contributed by atoms with Gasteiger partial charge in [-0.05, 0) is 17.7 Å². The van der Waals surface area contributed by atoms with Crippen molar-refractivity contribution in [2.45, 2.75) is 0 Å². The molecule has 0 atom stereocenters. The van der Waals surface area contributed by atoms with Crippen molar-refractivity contribution in [3.8, 4) is 22.1 Å². The second-order valence-corrected chi connectivity index (χ2v) is 6.28. The van der Waals surface area contributed by atoms with Crippen LogP contribution in [0.25, 0.3) is 20.7 Å². The van der Waals surface area contributed by atoms with Crippen LogP contribution in [-0.4, -0.2) is 20.9 Å². The van der Waals surface area contributed by atoms with Gasteiger partial charge < -0.3 is 10.5 Å². The van der Waals surface area contributed by atoms with Gasteiger partial charge in [0.15, 0.2) is 0 Å². The Hall–Kier alpha value is -3.32. The van der Waals surface area contributed by atoms with Gasteiger partial charge in [-0.25, -0.2) is 9.97 Å². The normalized spacial score (nSPS) is 10.7. The van der Waals surface area contributed by atoms with E-state index in [9.17, 15) is 4.79 Å². The van der Waals surface area contributed by atoms with Gasteiger partial charge >= 0.3 is 0 Å². The van der Waals surface area contributed by atoms with Crippen molar-refractivity contribution in [1.29, 1.82) is 0 Å². The molecular formula is C18H12N4O2S. The summed E-state index contributed by atoms with van der Waals surface area (Å²) in [6.07, 6.45) is 4.35. The zero-order chi connectivity index (χ0) is 17.2. The molecule has 4 rings (SSSR count). The fourth-order valence-corrected chi connectivity index (χ4v) is 3.38. The highest BCUT2D eigenvalue weighted by molar-refractivity contribution is 7.21. The smallest absolute Gasteiger partial charge is 0.250 e. The SMILES string of the molecule is NC(=O)c1cncc(Oc2ncnc3sc(-c4ccccc4)cc23)c1. The number of carbonyl (C=O) groups excluding carboxylic acids is 1. The van der Waals surface area contributed by atoms with Gasteiger partial charge in [-0.3, -0.25) is 9.78 Å². The van der Waals surface area contributed by atoms with Crippen molar-refractivity contribution in [3.05, 3.63) is 66.7 Å². The first-order valence-electron chi connectivity index (χ1n) is 7.43. The third-order valence-electron chi connectivity index (χ3n) is 3.56. The Balaban J connectivity index is 1.74. The molecule has 0 unspecified atom stereocenters. The van der Waals surface area contributed by atoms with E-state index in [0.29, 0.717) is 11.6 Å². The second-order valence-electron chi connectivity index (χ2n) is 5.25. The lowest BCUT2D eigenvalue weighted by atomic mass is 10.2. The molecule has 0 fully saturated rings. The summed E-state index contributed by atoms with van der Waals surface area (Å²) in [5.41, 5.74) is 6.66. The summed E-state index contributed by atoms with van der Waals surface area (Å²) in [4.78, 5) is 25.7. The summed E-state index contributed by atoms with van der Waals surface area (Å²) in [5.74, 6) is 0.239. The minimum atomic E-state index is -0.562. The van der Waals surface area contributed by atoms with Crippen molar-refractivity contribution in [2.75, 3.05) is 0 Å². The van der Waals surface area contributed by atoms with Crippen LogP contribution in [0.5, 0.6) is 11.6 Å². The van der Waals surface area contributed by atoms with Crippen molar-refractivity contribution in [2.24, 2.45) is 5.73 Å². The molecular weight excluding hydrogens is 336 g/mol. The maximum atomic E-state index is 11.3. The summed E-state index contributed by atoms with van der Waals surface area (Å²) in [7, 11) is 0. The Labute approximate surface area is 147 Å². The number of primary amides is 1. The molecule has 1 aromatic carbocycles. The maximum Gasteiger partial charge on any atom is 0.250 e. The number of aromatic nitrogens is 3. The third-order valence-corrected chi connectivity index (χ3v) is 4.66. The molecule has 0 aliphatic heterocycles. The number of carbonyl (C=O) groups is 1. The van der Waals surface area contributed by atoms with Gasteiger partial charge in [0.1, 0.15) is 16.9 Å². The molecule has 0 aliphatic carbocycles. The van der Waals surface area contributed by atoms with Gasteiger partial charge in [-0.1, -0.05) is 30.3 Å². The Kier molecular flexibility index (Phi) is 3.83. The van der Waals surface area contributed by atoms with Crippen LogP contribution in [0.4, 0.5) is 0 Å². The fourth-order valence-electron chi connectivity index (χ4n) is 2.38. The number of nitrogens with two attached hydrogens (primary N) is 1. The number of benzene rings is 1. The molecule has 0 saturated carbocycles. The molecule has 0 aliphatic rings. The summed E-state index contributed by atoms with van der Waals surface area (Å²) >= 11 is 1.56. The number of pyridine rings is 1. The van der Waals surface area contributed by atoms with Crippen molar-refractivity contribution in [3.63, 3.8) is 0 Å². The molecule has 25 heavy (non-hydrogen) atoms. The molecule has 0 radical (unpaired) electrons. The first-order valence-corrected chi connectivity index (χ1v) is 8.25. The van der Waals surface area contributed by atoms with Gasteiger partial charge in [0, 0.05) is 11.1 Å². The number of hydrogen-bond donors (Lipinski definition) is 1. The number of nitrogens with zero attached hydrogens (tertiary/aromatic N) is 3. The molecule has 4 aromatic rings. The average molecular weight is 348 g/mol. The largest absolute Gasteiger partial charge is 0.437 e. The quantitative estimate of drug-likeness (QED) is 0.608. The molecule has 1 amide bonds. The predicted molar refractivity (Wildman–Crippen MR) is 95.7 cm³/mol. The Morgan fingerprint density at radius 2 is 1.92 bits per heavy atom. The van der Waals surface area contributed by atoms with E-state index in [0.717, 1.165) is 20.7 Å². The van der Waals surface area contributed by atoms with E-state index in [-0.39, 0.29) is 5.56 Å². The summed E-state index contributed by atoms with van der Waals surface area (Å²) in [6, 6.07) is 13.6. The van der Waals surface area contributed by atoms with E-state index in [4.69, 9.17) is 10.5 Å². The van der Waals surface area contributed by atoms with Gasteiger partial charge in [0.25, 0.3) is 0 Å². The molecule has 7 heteroatoms. The maximum absolute atomic E-state index is 11.3. The van der Waals surface area contributed by atoms with Crippen LogP contribution in [0.1, 0.15) is 10.4 Å². The van der Waals surface area contributed by atoms with Gasteiger partial charge in [0.05, 0.1) is 17.1 Å². The topological polar surface area (TPSA) is 91.0 Å². The van der Waals surface area contributed by atoms with Crippen LogP contribution in [0.2, 0.25) is 0 Å². The fraction of sp³-hybridized carbons (Fsp3) is 0. The summed E-state index contributed by atoms with van der Waals surface area (Å²) < 4.78 is 5.82. The molecule has 3 aromatic heterocycles. The lowest BCUT2D eigenvalue weighted by Gasteiger charge is -2.05. The van der Waals surface area contributed by atoms with Gasteiger partial charge in [0.2, 0.25) is 11.8 Å². The van der Waals surface area contributed by atoms with Crippen molar-refractivity contribution < 1.29 is 9.53 Å². The molecule has 2 N–H and O–H groups in total. The van der Waals surface area contributed by atoms with Crippen LogP contribution in [-0.2, 0) is 0 Å². The standard InChI is InChI=1S/C18H12N4O2S/c19-16(23)12-6-13(9-20-8-12)24-17-14-7-15(11-4-2-1-3-5-11)25-18(14)22-10-21-17/h1-10H,(H2,19,23). The molecule has 0 spiro atoms. The van der Waals surface area contributed by atoms with Gasteiger partial charge in [-0.15, -0.1) is 11.3 Å². The van der Waals surface area contributed by atoms with Crippen LogP contribution in [0.15, 0.2) is 61.2 Å². The molecule has 6 nitrogen and oxygen atoms in total. The number of amides is 1. The summed E-state index contributed by atoms with van der Waals surface area (Å²) in [5, 5.41) is 0.802. The Bertz CT molecular complexity index is 1060. The number of ether oxygens (including phenoxy) is 1. The third kappa shape index (κ3) is 3.05. The molecule has 3 heterocycles. The highest BCUT2D eigenvalue weighted by atomic mass is 32.1.